The van der Waals surface area contributed by atoms with Crippen LogP contribution in [0.15, 0.2) is 24.3 Å². The molecule has 0 N–H and O–H groups in total. The van der Waals surface area contributed by atoms with Crippen molar-refractivity contribution in [3.63, 3.8) is 0 Å². The van der Waals surface area contributed by atoms with Crippen molar-refractivity contribution in [3.8, 4) is 0 Å². The van der Waals surface area contributed by atoms with Gasteiger partial charge in [0.15, 0.2) is 0 Å². The van der Waals surface area contributed by atoms with E-state index in [1.165, 1.54) is 0 Å². The maximum absolute atomic E-state index is 6.16. The molecule has 1 aromatic rings. The van der Waals surface area contributed by atoms with Gasteiger partial charge in [-0.3, -0.25) is 0 Å². The molecule has 0 atom stereocenters. The quantitative estimate of drug-likeness (QED) is 0.676. The first kappa shape index (κ1) is 23.5. The Morgan fingerprint density at radius 1 is 0.633 bits per heavy atom. The fraction of sp³-hybridized carbons (Fsp3) is 0.727. The third-order valence-electron chi connectivity index (χ3n) is 5.91. The van der Waals surface area contributed by atoms with Crippen LogP contribution in [0.1, 0.15) is 27.7 Å². The zero-order chi connectivity index (χ0) is 21.5. The van der Waals surface area contributed by atoms with Gasteiger partial charge in [-0.1, -0.05) is 12.1 Å². The second kappa shape index (κ2) is 10.9. The summed E-state index contributed by atoms with van der Waals surface area (Å²) >= 11 is 0. The fourth-order valence-corrected chi connectivity index (χ4v) is 3.30. The van der Waals surface area contributed by atoms with Crippen molar-refractivity contribution in [3.05, 3.63) is 24.3 Å². The summed E-state index contributed by atoms with van der Waals surface area (Å²) in [6, 6.07) is 8.38. The van der Waals surface area contributed by atoms with Crippen LogP contribution in [0.25, 0.3) is 0 Å². The maximum Gasteiger partial charge on any atom is 0.494 e. The molecule has 2 saturated heterocycles. The summed E-state index contributed by atoms with van der Waals surface area (Å²) in [5, 5.41) is 0. The second-order valence-corrected chi connectivity index (χ2v) is 8.62. The summed E-state index contributed by atoms with van der Waals surface area (Å²) in [6.07, 6.45) is 0. The van der Waals surface area contributed by atoms with Gasteiger partial charge in [0, 0.05) is 18.8 Å². The van der Waals surface area contributed by atoms with Crippen molar-refractivity contribution in [2.45, 2.75) is 38.9 Å². The highest BCUT2D eigenvalue weighted by Crippen LogP contribution is 2.36. The number of rotatable bonds is 2. The Balaban J connectivity index is 1.60. The molecule has 2 aliphatic heterocycles. The minimum atomic E-state index is -0.348. The molecule has 168 valence electrons. The largest absolute Gasteiger partial charge is 0.494 e. The van der Waals surface area contributed by atoms with Crippen molar-refractivity contribution in [1.29, 1.82) is 0 Å². The Morgan fingerprint density at radius 2 is 1.03 bits per heavy atom. The third kappa shape index (κ3) is 6.42. The molecule has 7 nitrogen and oxygen atoms in total. The van der Waals surface area contributed by atoms with E-state index in [1.54, 1.807) is 0 Å². The van der Waals surface area contributed by atoms with Crippen LogP contribution in [-0.2, 0) is 28.3 Å². The molecule has 2 heterocycles. The first-order valence-electron chi connectivity index (χ1n) is 10.9. The molecule has 0 radical (unpaired) electrons. The highest BCUT2D eigenvalue weighted by atomic mass is 16.7. The normalized spacial score (nSPS) is 24.3. The van der Waals surface area contributed by atoms with E-state index < -0.39 is 0 Å². The number of ether oxygens (including phenoxy) is 4. The van der Waals surface area contributed by atoms with Crippen molar-refractivity contribution in [2.75, 3.05) is 70.8 Å². The van der Waals surface area contributed by atoms with Gasteiger partial charge in [-0.15, -0.1) is 0 Å². The molecule has 8 heteroatoms. The highest BCUT2D eigenvalue weighted by Gasteiger charge is 2.51. The summed E-state index contributed by atoms with van der Waals surface area (Å²) in [5.74, 6) is 0. The standard InChI is InChI=1S/C22H36BNO6/c1-21(2)22(3,4)30-23(29-21)19-5-7-20(8-6-19)24-9-11-25-13-15-27-17-18-28-16-14-26-12-10-24/h5-8H,9-18H2,1-4H3. The SMILES string of the molecule is CC1(C)OB(c2ccc(N3CCOCCOCCOCCOCC3)cc2)OC1(C)C. The monoisotopic (exact) mass is 421 g/mol. The zero-order valence-electron chi connectivity index (χ0n) is 18.9. The van der Waals surface area contributed by atoms with Gasteiger partial charge in [-0.05, 0) is 45.3 Å². The molecule has 2 aliphatic rings. The molecule has 1 aromatic carbocycles. The van der Waals surface area contributed by atoms with E-state index in [4.69, 9.17) is 28.3 Å². The van der Waals surface area contributed by atoms with Crippen LogP contribution < -0.4 is 10.4 Å². The molecule has 0 aliphatic carbocycles. The Hall–Kier alpha value is -1.16. The lowest BCUT2D eigenvalue weighted by Gasteiger charge is -2.32. The Bertz CT molecular complexity index is 607. The van der Waals surface area contributed by atoms with E-state index in [2.05, 4.69) is 56.9 Å². The molecule has 0 spiro atoms. The predicted octanol–water partition coefficient (Wildman–Crippen LogP) is 1.87. The lowest BCUT2D eigenvalue weighted by Crippen LogP contribution is -2.41. The molecule has 2 fully saturated rings. The van der Waals surface area contributed by atoms with Gasteiger partial charge < -0.3 is 33.2 Å². The molecule has 0 amide bonds. The third-order valence-corrected chi connectivity index (χ3v) is 5.91. The topological polar surface area (TPSA) is 58.6 Å². The van der Waals surface area contributed by atoms with Gasteiger partial charge in [0.25, 0.3) is 0 Å². The van der Waals surface area contributed by atoms with Crippen molar-refractivity contribution >= 4 is 18.3 Å². The summed E-state index contributed by atoms with van der Waals surface area (Å²) in [6.45, 7) is 14.7. The van der Waals surface area contributed by atoms with E-state index in [1.807, 2.05) is 0 Å². The minimum absolute atomic E-state index is 0.341. The van der Waals surface area contributed by atoms with Crippen LogP contribution in [0.2, 0.25) is 0 Å². The number of hydrogen-bond donors (Lipinski definition) is 0. The zero-order valence-corrected chi connectivity index (χ0v) is 18.9. The average Bonchev–Trinajstić information content (AvgIpc) is 2.93. The molecule has 0 aromatic heterocycles. The van der Waals surface area contributed by atoms with E-state index in [0.717, 1.165) is 24.2 Å². The Labute approximate surface area is 181 Å². The number of hydrogen-bond acceptors (Lipinski definition) is 7. The van der Waals surface area contributed by atoms with Crippen molar-refractivity contribution in [1.82, 2.24) is 0 Å². The number of anilines is 1. The first-order chi connectivity index (χ1) is 14.4. The molecular formula is C22H36BNO6. The number of nitrogens with zero attached hydrogens (tertiary/aromatic N) is 1. The van der Waals surface area contributed by atoms with Gasteiger partial charge in [0.1, 0.15) is 0 Å². The van der Waals surface area contributed by atoms with Crippen LogP contribution in [0.4, 0.5) is 5.69 Å². The van der Waals surface area contributed by atoms with E-state index in [-0.39, 0.29) is 18.3 Å². The fourth-order valence-electron chi connectivity index (χ4n) is 3.30. The summed E-state index contributed by atoms with van der Waals surface area (Å²) < 4.78 is 34.7. The molecule has 3 rings (SSSR count). The van der Waals surface area contributed by atoms with E-state index in [0.29, 0.717) is 52.9 Å². The molecule has 0 saturated carbocycles. The van der Waals surface area contributed by atoms with Crippen LogP contribution in [0.3, 0.4) is 0 Å². The molecule has 0 unspecified atom stereocenters. The van der Waals surface area contributed by atoms with Gasteiger partial charge in [0.05, 0.1) is 64.1 Å². The molecular weight excluding hydrogens is 385 g/mol. The van der Waals surface area contributed by atoms with Gasteiger partial charge >= 0.3 is 7.12 Å². The van der Waals surface area contributed by atoms with Gasteiger partial charge in [-0.2, -0.15) is 0 Å². The maximum atomic E-state index is 6.16. The highest BCUT2D eigenvalue weighted by molar-refractivity contribution is 6.62. The van der Waals surface area contributed by atoms with Crippen LogP contribution in [0.5, 0.6) is 0 Å². The Morgan fingerprint density at radius 3 is 1.47 bits per heavy atom. The Kier molecular flexibility index (Phi) is 8.57. The van der Waals surface area contributed by atoms with Crippen LogP contribution in [0, 0.1) is 0 Å². The summed E-state index contributed by atoms with van der Waals surface area (Å²) in [7, 11) is -0.348. The smallest absolute Gasteiger partial charge is 0.399 e. The first-order valence-corrected chi connectivity index (χ1v) is 10.9. The lowest BCUT2D eigenvalue weighted by molar-refractivity contribution is 0.00206. The second-order valence-electron chi connectivity index (χ2n) is 8.62. The minimum Gasteiger partial charge on any atom is -0.399 e. The van der Waals surface area contributed by atoms with Crippen molar-refractivity contribution in [2.24, 2.45) is 0 Å². The number of benzene rings is 1. The molecule has 30 heavy (non-hydrogen) atoms. The van der Waals surface area contributed by atoms with E-state index >= 15 is 0 Å². The summed E-state index contributed by atoms with van der Waals surface area (Å²) in [4.78, 5) is 2.27. The van der Waals surface area contributed by atoms with Gasteiger partial charge in [0.2, 0.25) is 0 Å². The van der Waals surface area contributed by atoms with Gasteiger partial charge in [-0.25, -0.2) is 0 Å². The summed E-state index contributed by atoms with van der Waals surface area (Å²) in [5.41, 5.74) is 1.47. The van der Waals surface area contributed by atoms with Crippen molar-refractivity contribution < 1.29 is 28.3 Å². The van der Waals surface area contributed by atoms with Crippen LogP contribution >= 0.6 is 0 Å². The molecule has 0 bridgehead atoms. The lowest BCUT2D eigenvalue weighted by atomic mass is 9.79. The van der Waals surface area contributed by atoms with E-state index in [9.17, 15) is 0 Å². The average molecular weight is 421 g/mol. The predicted molar refractivity (Wildman–Crippen MR) is 118 cm³/mol. The van der Waals surface area contributed by atoms with Crippen LogP contribution in [-0.4, -0.2) is 84.3 Å².